The second-order valence-corrected chi connectivity index (χ2v) is 15.6. The van der Waals surface area contributed by atoms with E-state index in [1.165, 1.54) is 122 Å². The first-order valence-corrected chi connectivity index (χ1v) is 22.9. The molecule has 0 aliphatic heterocycles. The van der Waals surface area contributed by atoms with Crippen LogP contribution in [0.2, 0.25) is 0 Å². The summed E-state index contributed by atoms with van der Waals surface area (Å²) in [5, 5.41) is 0. The van der Waals surface area contributed by atoms with E-state index >= 15 is 0 Å². The van der Waals surface area contributed by atoms with Gasteiger partial charge in [0.15, 0.2) is 0 Å². The highest BCUT2D eigenvalue weighted by Crippen LogP contribution is 2.30. The van der Waals surface area contributed by atoms with Crippen molar-refractivity contribution < 1.29 is 23.7 Å². The van der Waals surface area contributed by atoms with Gasteiger partial charge in [0.05, 0.1) is 19.8 Å². The summed E-state index contributed by atoms with van der Waals surface area (Å²) in [4.78, 5) is 14.4. The predicted molar refractivity (Wildman–Crippen MR) is 240 cm³/mol. The number of allylic oxidation sites excluding steroid dienone is 8. The number of carbonyl (C=O) groups excluding carboxylic acids is 1. The smallest absolute Gasteiger partial charge is 0.493 e. The molecular weight excluding hydrogens is 695 g/mol. The third kappa shape index (κ3) is 32.1. The van der Waals surface area contributed by atoms with Gasteiger partial charge in [0.2, 0.25) is 0 Å². The number of hydrogen-bond acceptors (Lipinski definition) is 6. The van der Waals surface area contributed by atoms with Crippen LogP contribution in [0.3, 0.4) is 0 Å². The molecule has 0 heterocycles. The van der Waals surface area contributed by atoms with E-state index in [0.29, 0.717) is 19.8 Å². The quantitative estimate of drug-likeness (QED) is 0.0378. The largest absolute Gasteiger partial charge is 0.508 e. The molecule has 1 aromatic rings. The van der Waals surface area contributed by atoms with Crippen molar-refractivity contribution in [2.45, 2.75) is 188 Å². The van der Waals surface area contributed by atoms with Crippen molar-refractivity contribution in [3.63, 3.8) is 0 Å². The minimum atomic E-state index is -0.649. The van der Waals surface area contributed by atoms with Crippen molar-refractivity contribution in [1.29, 1.82) is 0 Å². The molecule has 0 aliphatic rings. The van der Waals surface area contributed by atoms with E-state index in [4.69, 9.17) is 18.9 Å². The Morgan fingerprint density at radius 2 is 0.964 bits per heavy atom. The number of nitrogens with zero attached hydrogens (tertiary/aromatic N) is 1. The Kier molecular flexibility index (Phi) is 35.4. The summed E-state index contributed by atoms with van der Waals surface area (Å²) in [6, 6.07) is 4.02. The SMILES string of the molecule is CCCCC/C=C\C/C=C\CCCCCCCCOc1cc(COC(=O)OCCCN(C)C)c(OCCCCCCCC/C=C\C/C=C\CCCCC)cc1C. The number of unbranched alkanes of at least 4 members (excludes halogenated alkanes) is 18. The van der Waals surface area contributed by atoms with Gasteiger partial charge in [-0.2, -0.15) is 0 Å². The molecule has 0 atom stereocenters. The van der Waals surface area contributed by atoms with Gasteiger partial charge in [0, 0.05) is 12.1 Å². The monoisotopic (exact) mass is 780 g/mol. The molecule has 6 heteroatoms. The van der Waals surface area contributed by atoms with Gasteiger partial charge in [-0.25, -0.2) is 4.79 Å². The zero-order chi connectivity index (χ0) is 40.6. The number of carbonyl (C=O) groups is 1. The summed E-state index contributed by atoms with van der Waals surface area (Å²) in [5.41, 5.74) is 1.85. The van der Waals surface area contributed by atoms with E-state index in [1.54, 1.807) is 0 Å². The van der Waals surface area contributed by atoms with Crippen LogP contribution in [0.15, 0.2) is 60.7 Å². The fraction of sp³-hybridized carbons (Fsp3) is 0.700. The van der Waals surface area contributed by atoms with E-state index in [0.717, 1.165) is 67.7 Å². The van der Waals surface area contributed by atoms with Crippen LogP contribution in [0.5, 0.6) is 11.5 Å². The first-order chi connectivity index (χ1) is 27.5. The molecule has 320 valence electrons. The summed E-state index contributed by atoms with van der Waals surface area (Å²) >= 11 is 0. The van der Waals surface area contributed by atoms with Crippen molar-refractivity contribution >= 4 is 6.16 Å². The summed E-state index contributed by atoms with van der Waals surface area (Å²) < 4.78 is 23.3. The van der Waals surface area contributed by atoms with Gasteiger partial charge in [-0.3, -0.25) is 0 Å². The highest BCUT2D eigenvalue weighted by atomic mass is 16.7. The molecule has 0 saturated heterocycles. The van der Waals surface area contributed by atoms with Crippen LogP contribution in [0.1, 0.15) is 185 Å². The average Bonchev–Trinajstić information content (AvgIpc) is 3.19. The minimum absolute atomic E-state index is 0.0904. The maximum absolute atomic E-state index is 12.4. The van der Waals surface area contributed by atoms with Gasteiger partial charge in [0.25, 0.3) is 0 Å². The number of benzene rings is 1. The maximum atomic E-state index is 12.4. The zero-order valence-corrected chi connectivity index (χ0v) is 37.0. The van der Waals surface area contributed by atoms with Gasteiger partial charge in [-0.05, 0) is 122 Å². The molecule has 0 aliphatic carbocycles. The van der Waals surface area contributed by atoms with Crippen LogP contribution < -0.4 is 9.47 Å². The molecule has 0 radical (unpaired) electrons. The number of hydrogen-bond donors (Lipinski definition) is 0. The van der Waals surface area contributed by atoms with E-state index < -0.39 is 6.16 Å². The molecule has 6 nitrogen and oxygen atoms in total. The second kappa shape index (κ2) is 38.9. The van der Waals surface area contributed by atoms with Crippen molar-refractivity contribution in [1.82, 2.24) is 4.90 Å². The van der Waals surface area contributed by atoms with Gasteiger partial charge < -0.3 is 23.8 Å². The van der Waals surface area contributed by atoms with Gasteiger partial charge in [-0.15, -0.1) is 0 Å². The lowest BCUT2D eigenvalue weighted by atomic mass is 10.1. The molecule has 0 aromatic heterocycles. The third-order valence-corrected chi connectivity index (χ3v) is 9.88. The van der Waals surface area contributed by atoms with Gasteiger partial charge in [-0.1, -0.05) is 140 Å². The lowest BCUT2D eigenvalue weighted by molar-refractivity contribution is 0.0474. The predicted octanol–water partition coefficient (Wildman–Crippen LogP) is 15.0. The summed E-state index contributed by atoms with van der Waals surface area (Å²) in [5.74, 6) is 1.58. The molecule has 56 heavy (non-hydrogen) atoms. The standard InChI is InChI=1S/C50H85NO5/c1-6-8-10-12-14-16-18-20-22-24-26-28-30-32-34-36-40-53-48-44-47(45-56-50(52)55-42-38-39-51(4)5)49(43-46(48)3)54-41-37-35-33-31-29-27-25-23-21-19-17-15-13-11-9-7-2/h14-17,20-23,43-44H,6-13,18-19,24-42,45H2,1-5H3/b16-14-,17-15-,22-20-,23-21-. The van der Waals surface area contributed by atoms with Crippen molar-refractivity contribution in [3.05, 3.63) is 71.9 Å². The summed E-state index contributed by atoms with van der Waals surface area (Å²) in [6.07, 6.45) is 48.0. The number of rotatable bonds is 38. The van der Waals surface area contributed by atoms with Gasteiger partial charge in [0.1, 0.15) is 18.1 Å². The first kappa shape index (κ1) is 51.0. The van der Waals surface area contributed by atoms with Crippen LogP contribution in [0, 0.1) is 6.92 Å². The van der Waals surface area contributed by atoms with Crippen LogP contribution in [0.4, 0.5) is 4.79 Å². The molecule has 0 amide bonds. The van der Waals surface area contributed by atoms with Crippen molar-refractivity contribution in [3.8, 4) is 11.5 Å². The van der Waals surface area contributed by atoms with Crippen LogP contribution in [0.25, 0.3) is 0 Å². The van der Waals surface area contributed by atoms with Crippen molar-refractivity contribution in [2.75, 3.05) is 40.5 Å². The van der Waals surface area contributed by atoms with Gasteiger partial charge >= 0.3 is 6.16 Å². The summed E-state index contributed by atoms with van der Waals surface area (Å²) in [7, 11) is 4.01. The Bertz CT molecular complexity index is 1170. The van der Waals surface area contributed by atoms with Crippen LogP contribution >= 0.6 is 0 Å². The highest BCUT2D eigenvalue weighted by molar-refractivity contribution is 5.60. The average molecular weight is 780 g/mol. The van der Waals surface area contributed by atoms with Crippen LogP contribution in [-0.2, 0) is 16.1 Å². The minimum Gasteiger partial charge on any atom is -0.493 e. The molecule has 0 bridgehead atoms. The van der Waals surface area contributed by atoms with E-state index in [1.807, 2.05) is 26.2 Å². The molecule has 0 fully saturated rings. The molecule has 1 rings (SSSR count). The maximum Gasteiger partial charge on any atom is 0.508 e. The molecule has 0 saturated carbocycles. The Balaban J connectivity index is 2.40. The second-order valence-electron chi connectivity index (χ2n) is 15.6. The molecule has 1 aromatic carbocycles. The summed E-state index contributed by atoms with van der Waals surface area (Å²) in [6.45, 7) is 9.17. The first-order valence-electron chi connectivity index (χ1n) is 22.9. The lowest BCUT2D eigenvalue weighted by Gasteiger charge is -2.17. The van der Waals surface area contributed by atoms with E-state index in [9.17, 15) is 4.79 Å². The molecule has 0 N–H and O–H groups in total. The fourth-order valence-corrected chi connectivity index (χ4v) is 6.37. The van der Waals surface area contributed by atoms with Crippen molar-refractivity contribution in [2.24, 2.45) is 0 Å². The van der Waals surface area contributed by atoms with Crippen LogP contribution in [-0.4, -0.2) is 51.5 Å². The Morgan fingerprint density at radius 1 is 0.518 bits per heavy atom. The topological polar surface area (TPSA) is 57.2 Å². The molecule has 0 unspecified atom stereocenters. The highest BCUT2D eigenvalue weighted by Gasteiger charge is 2.14. The number of ether oxygens (including phenoxy) is 4. The van der Waals surface area contributed by atoms with E-state index in [2.05, 4.69) is 74.3 Å². The molecule has 0 spiro atoms. The Labute approximate surface area is 345 Å². The van der Waals surface area contributed by atoms with E-state index in [-0.39, 0.29) is 6.61 Å². The fourth-order valence-electron chi connectivity index (χ4n) is 6.37. The Morgan fingerprint density at radius 3 is 1.45 bits per heavy atom. The Hall–Kier alpha value is -2.99. The lowest BCUT2D eigenvalue weighted by Crippen LogP contribution is -2.16. The zero-order valence-electron chi connectivity index (χ0n) is 37.0. The number of aryl methyl sites for hydroxylation is 1. The molecular formula is C50H85NO5. The normalized spacial score (nSPS) is 12.0. The third-order valence-electron chi connectivity index (χ3n) is 9.88.